The molecule has 2 aliphatic heterocycles. The number of para-hydroxylation sites is 1. The summed E-state index contributed by atoms with van der Waals surface area (Å²) >= 11 is 7.32. The normalized spacial score (nSPS) is 29.1. The van der Waals surface area contributed by atoms with Crippen LogP contribution in [0.25, 0.3) is 6.08 Å². The van der Waals surface area contributed by atoms with E-state index in [4.69, 9.17) is 4.74 Å². The van der Waals surface area contributed by atoms with E-state index in [0.29, 0.717) is 0 Å². The van der Waals surface area contributed by atoms with E-state index in [1.165, 1.54) is 23.2 Å². The van der Waals surface area contributed by atoms with Crippen molar-refractivity contribution >= 4 is 43.6 Å². The molecule has 2 heterocycles. The third-order valence-corrected chi connectivity index (χ3v) is 7.30. The SMILES string of the molecule is CN1c2ccccc2[C@@]2(C)CCCC3=Cc4cc(Br)cc(Br)c4O[C@@]312. The number of nitrogens with zero attached hydrogens (tertiary/aromatic N) is 1. The lowest BCUT2D eigenvalue weighted by Gasteiger charge is -2.53. The number of halogens is 2. The van der Waals surface area contributed by atoms with E-state index < -0.39 is 5.72 Å². The minimum absolute atomic E-state index is 0.0490. The number of benzene rings is 2. The predicted molar refractivity (Wildman–Crippen MR) is 109 cm³/mol. The number of rotatable bonds is 0. The smallest absolute Gasteiger partial charge is 0.215 e. The van der Waals surface area contributed by atoms with Gasteiger partial charge in [-0.15, -0.1) is 0 Å². The van der Waals surface area contributed by atoms with Gasteiger partial charge in [-0.25, -0.2) is 0 Å². The van der Waals surface area contributed by atoms with Gasteiger partial charge in [0.2, 0.25) is 5.72 Å². The summed E-state index contributed by atoms with van der Waals surface area (Å²) in [6.07, 6.45) is 5.76. The third-order valence-electron chi connectivity index (χ3n) is 6.25. The van der Waals surface area contributed by atoms with Crippen LogP contribution in [0.15, 0.2) is 50.9 Å². The van der Waals surface area contributed by atoms with Crippen molar-refractivity contribution in [2.75, 3.05) is 11.9 Å². The summed E-state index contributed by atoms with van der Waals surface area (Å²) < 4.78 is 8.99. The summed E-state index contributed by atoms with van der Waals surface area (Å²) in [5.41, 5.74) is 4.74. The van der Waals surface area contributed by atoms with Crippen molar-refractivity contribution in [1.29, 1.82) is 0 Å². The van der Waals surface area contributed by atoms with Crippen molar-refractivity contribution in [3.05, 3.63) is 62.0 Å². The van der Waals surface area contributed by atoms with Gasteiger partial charge in [0.25, 0.3) is 0 Å². The maximum Gasteiger partial charge on any atom is 0.215 e. The van der Waals surface area contributed by atoms with Crippen LogP contribution in [0.4, 0.5) is 5.69 Å². The number of likely N-dealkylation sites (N-methyl/N-ethyl adjacent to an activating group) is 1. The molecule has 2 atom stereocenters. The molecule has 0 bridgehead atoms. The number of anilines is 1. The lowest BCUT2D eigenvalue weighted by molar-refractivity contribution is 0.0149. The molecule has 25 heavy (non-hydrogen) atoms. The van der Waals surface area contributed by atoms with E-state index in [1.54, 1.807) is 0 Å². The van der Waals surface area contributed by atoms with Crippen LogP contribution < -0.4 is 9.64 Å². The molecule has 128 valence electrons. The summed E-state index contributed by atoms with van der Waals surface area (Å²) in [6, 6.07) is 13.0. The largest absolute Gasteiger partial charge is 0.461 e. The molecule has 0 N–H and O–H groups in total. The molecule has 0 aromatic heterocycles. The van der Waals surface area contributed by atoms with Crippen LogP contribution in [0.3, 0.4) is 0 Å². The molecular formula is C21H19Br2NO. The van der Waals surface area contributed by atoms with E-state index in [1.807, 2.05) is 0 Å². The highest BCUT2D eigenvalue weighted by Gasteiger charge is 2.64. The molecule has 4 heteroatoms. The Labute approximate surface area is 165 Å². The quantitative estimate of drug-likeness (QED) is 0.459. The molecule has 1 aliphatic carbocycles. The van der Waals surface area contributed by atoms with E-state index in [2.05, 4.69) is 93.2 Å². The monoisotopic (exact) mass is 459 g/mol. The van der Waals surface area contributed by atoms with E-state index >= 15 is 0 Å². The molecule has 1 saturated carbocycles. The number of ether oxygens (including phenoxy) is 1. The molecule has 1 fully saturated rings. The molecule has 0 amide bonds. The van der Waals surface area contributed by atoms with Gasteiger partial charge in [-0.1, -0.05) is 34.1 Å². The molecule has 5 rings (SSSR count). The third kappa shape index (κ3) is 1.85. The first-order valence-corrected chi connectivity index (χ1v) is 10.3. The van der Waals surface area contributed by atoms with Crippen LogP contribution in [0.1, 0.15) is 37.3 Å². The molecule has 3 aliphatic rings. The average molecular weight is 461 g/mol. The number of hydrogen-bond acceptors (Lipinski definition) is 2. The molecule has 0 unspecified atom stereocenters. The number of hydrogen-bond donors (Lipinski definition) is 0. The zero-order valence-electron chi connectivity index (χ0n) is 14.3. The van der Waals surface area contributed by atoms with Gasteiger partial charge in [-0.05, 0) is 77.5 Å². The molecule has 2 nitrogen and oxygen atoms in total. The fourth-order valence-electron chi connectivity index (χ4n) is 5.18. The van der Waals surface area contributed by atoms with Crippen molar-refractivity contribution in [3.8, 4) is 5.75 Å². The van der Waals surface area contributed by atoms with Crippen molar-refractivity contribution in [1.82, 2.24) is 0 Å². The maximum absolute atomic E-state index is 6.92. The van der Waals surface area contributed by atoms with Gasteiger partial charge in [0, 0.05) is 22.8 Å². The Morgan fingerprint density at radius 2 is 1.96 bits per heavy atom. The van der Waals surface area contributed by atoms with E-state index in [9.17, 15) is 0 Å². The summed E-state index contributed by atoms with van der Waals surface area (Å²) in [5, 5.41) is 0. The lowest BCUT2D eigenvalue weighted by atomic mass is 9.64. The van der Waals surface area contributed by atoms with Crippen LogP contribution in [0.5, 0.6) is 5.75 Å². The first-order chi connectivity index (χ1) is 12.0. The minimum atomic E-state index is -0.432. The van der Waals surface area contributed by atoms with Gasteiger partial charge < -0.3 is 9.64 Å². The van der Waals surface area contributed by atoms with Crippen molar-refractivity contribution in [3.63, 3.8) is 0 Å². The van der Waals surface area contributed by atoms with Crippen molar-refractivity contribution in [2.45, 2.75) is 37.3 Å². The van der Waals surface area contributed by atoms with Crippen molar-refractivity contribution < 1.29 is 4.74 Å². The molecule has 0 radical (unpaired) electrons. The summed E-state index contributed by atoms with van der Waals surface area (Å²) in [4.78, 5) is 2.37. The molecular weight excluding hydrogens is 442 g/mol. The average Bonchev–Trinajstić information content (AvgIpc) is 2.78. The van der Waals surface area contributed by atoms with Gasteiger partial charge in [-0.3, -0.25) is 0 Å². The molecule has 2 aromatic rings. The highest BCUT2D eigenvalue weighted by molar-refractivity contribution is 9.11. The van der Waals surface area contributed by atoms with Crippen LogP contribution in [0.2, 0.25) is 0 Å². The van der Waals surface area contributed by atoms with E-state index in [-0.39, 0.29) is 5.41 Å². The zero-order chi connectivity index (χ0) is 17.4. The lowest BCUT2D eigenvalue weighted by Crippen LogP contribution is -2.63. The fraction of sp³-hybridized carbons (Fsp3) is 0.333. The summed E-state index contributed by atoms with van der Waals surface area (Å²) in [6.45, 7) is 2.38. The van der Waals surface area contributed by atoms with Gasteiger partial charge in [0.1, 0.15) is 5.75 Å². The first-order valence-electron chi connectivity index (χ1n) is 8.70. The fourth-order valence-corrected chi connectivity index (χ4v) is 6.52. The summed E-state index contributed by atoms with van der Waals surface area (Å²) in [5.74, 6) is 0.944. The van der Waals surface area contributed by atoms with Gasteiger partial charge >= 0.3 is 0 Å². The number of fused-ring (bicyclic) bond motifs is 3. The topological polar surface area (TPSA) is 12.5 Å². The Kier molecular flexibility index (Phi) is 3.28. The summed E-state index contributed by atoms with van der Waals surface area (Å²) in [7, 11) is 2.18. The minimum Gasteiger partial charge on any atom is -0.461 e. The Balaban J connectivity index is 1.80. The first kappa shape index (κ1) is 16.0. The standard InChI is InChI=1S/C21H19Br2NO/c1-20-9-5-6-14-10-13-11-15(22)12-17(23)19(13)25-21(14,20)24(2)18-8-4-3-7-16(18)20/h3-4,7-8,10-12H,5-6,9H2,1-2H3/t20-,21-/m1/s1. The predicted octanol–water partition coefficient (Wildman–Crippen LogP) is 6.28. The van der Waals surface area contributed by atoms with Crippen LogP contribution in [-0.2, 0) is 5.41 Å². The molecule has 1 spiro atoms. The van der Waals surface area contributed by atoms with Crippen molar-refractivity contribution in [2.24, 2.45) is 0 Å². The highest BCUT2D eigenvalue weighted by Crippen LogP contribution is 2.62. The van der Waals surface area contributed by atoms with Gasteiger partial charge in [0.15, 0.2) is 0 Å². The van der Waals surface area contributed by atoms with Gasteiger partial charge in [-0.2, -0.15) is 0 Å². The van der Waals surface area contributed by atoms with Crippen LogP contribution >= 0.6 is 31.9 Å². The molecule has 0 saturated heterocycles. The Hall–Kier alpha value is -1.26. The Morgan fingerprint density at radius 3 is 2.80 bits per heavy atom. The van der Waals surface area contributed by atoms with E-state index in [0.717, 1.165) is 33.1 Å². The zero-order valence-corrected chi connectivity index (χ0v) is 17.4. The Morgan fingerprint density at radius 1 is 1.16 bits per heavy atom. The maximum atomic E-state index is 6.92. The highest BCUT2D eigenvalue weighted by atomic mass is 79.9. The van der Waals surface area contributed by atoms with Gasteiger partial charge in [0.05, 0.1) is 9.89 Å². The molecule has 2 aromatic carbocycles. The second-order valence-corrected chi connectivity index (χ2v) is 9.25. The van der Waals surface area contributed by atoms with Crippen LogP contribution in [-0.4, -0.2) is 12.8 Å². The second kappa shape index (κ2) is 5.14. The second-order valence-electron chi connectivity index (χ2n) is 7.48. The van der Waals surface area contributed by atoms with Crippen LogP contribution in [0, 0.1) is 0 Å². The Bertz CT molecular complexity index is 937.